The number of aromatic nitrogens is 6. The summed E-state index contributed by atoms with van der Waals surface area (Å²) in [5.74, 6) is 0. The molecule has 36 heavy (non-hydrogen) atoms. The zero-order chi connectivity index (χ0) is 23.9. The maximum atomic E-state index is 5.29. The van der Waals surface area contributed by atoms with E-state index in [4.69, 9.17) is 9.40 Å². The number of hydrogen-bond donors (Lipinski definition) is 2. The number of rotatable bonds is 5. The van der Waals surface area contributed by atoms with Gasteiger partial charge in [-0.3, -0.25) is 25.0 Å². The predicted molar refractivity (Wildman–Crippen MR) is 139 cm³/mol. The maximum Gasteiger partial charge on any atom is 0.116 e. The summed E-state index contributed by atoms with van der Waals surface area (Å²) in [5.41, 5.74) is 8.73. The van der Waals surface area contributed by atoms with Gasteiger partial charge in [0.2, 0.25) is 0 Å². The van der Waals surface area contributed by atoms with Crippen LogP contribution in [0.25, 0.3) is 55.6 Å². The molecule has 1 saturated heterocycles. The molecule has 2 N–H and O–H groups in total. The third-order valence-corrected chi connectivity index (χ3v) is 7.03. The van der Waals surface area contributed by atoms with Crippen LogP contribution >= 0.6 is 0 Å². The van der Waals surface area contributed by atoms with E-state index in [2.05, 4.69) is 48.2 Å². The minimum absolute atomic E-state index is 0.848. The number of likely N-dealkylation sites (tertiary alicyclic amines) is 1. The average Bonchev–Trinajstić information content (AvgIpc) is 3.68. The molecule has 0 saturated carbocycles. The van der Waals surface area contributed by atoms with E-state index in [1.807, 2.05) is 37.1 Å². The number of nitrogens with one attached hydrogen (secondary N) is 2. The lowest BCUT2D eigenvalue weighted by Crippen LogP contribution is -2.29. The van der Waals surface area contributed by atoms with Gasteiger partial charge in [-0.15, -0.1) is 0 Å². The van der Waals surface area contributed by atoms with E-state index in [1.165, 1.54) is 24.8 Å². The molecule has 6 aromatic rings. The van der Waals surface area contributed by atoms with Crippen LogP contribution in [0.5, 0.6) is 0 Å². The summed E-state index contributed by atoms with van der Waals surface area (Å²) in [4.78, 5) is 19.6. The van der Waals surface area contributed by atoms with Gasteiger partial charge in [-0.1, -0.05) is 6.42 Å². The smallest absolute Gasteiger partial charge is 0.116 e. The van der Waals surface area contributed by atoms with Crippen LogP contribution in [0.2, 0.25) is 0 Å². The number of fused-ring (bicyclic) bond motifs is 2. The number of piperidine rings is 1. The monoisotopic (exact) mass is 475 g/mol. The minimum atomic E-state index is 0.848. The van der Waals surface area contributed by atoms with Crippen LogP contribution in [0.3, 0.4) is 0 Å². The predicted octanol–water partition coefficient (Wildman–Crippen LogP) is 5.81. The van der Waals surface area contributed by atoms with E-state index >= 15 is 0 Å². The molecule has 0 amide bonds. The number of aromatic amines is 2. The highest BCUT2D eigenvalue weighted by Gasteiger charge is 2.16. The van der Waals surface area contributed by atoms with Crippen LogP contribution in [-0.2, 0) is 6.54 Å². The van der Waals surface area contributed by atoms with Gasteiger partial charge in [0.05, 0.1) is 47.3 Å². The fraction of sp³-hybridized carbons (Fsp3) is 0.214. The van der Waals surface area contributed by atoms with Gasteiger partial charge in [-0.25, -0.2) is 0 Å². The Morgan fingerprint density at radius 3 is 2.67 bits per heavy atom. The molecule has 8 nitrogen and oxygen atoms in total. The van der Waals surface area contributed by atoms with Crippen molar-refractivity contribution in [1.29, 1.82) is 0 Å². The normalized spacial score (nSPS) is 14.7. The Hall–Kier alpha value is -4.30. The van der Waals surface area contributed by atoms with Crippen molar-refractivity contribution in [2.24, 2.45) is 0 Å². The number of nitrogens with zero attached hydrogens (tertiary/aromatic N) is 5. The van der Waals surface area contributed by atoms with Crippen LogP contribution in [0.1, 0.15) is 24.8 Å². The van der Waals surface area contributed by atoms with E-state index in [-0.39, 0.29) is 0 Å². The highest BCUT2D eigenvalue weighted by atomic mass is 16.3. The van der Waals surface area contributed by atoms with Crippen molar-refractivity contribution in [3.8, 4) is 33.8 Å². The summed E-state index contributed by atoms with van der Waals surface area (Å²) in [6.07, 6.45) is 16.7. The van der Waals surface area contributed by atoms with Crippen molar-refractivity contribution in [3.63, 3.8) is 0 Å². The minimum Gasteiger partial charge on any atom is -0.472 e. The van der Waals surface area contributed by atoms with Crippen LogP contribution < -0.4 is 0 Å². The molecule has 1 aliphatic heterocycles. The van der Waals surface area contributed by atoms with Gasteiger partial charge >= 0.3 is 0 Å². The molecule has 1 fully saturated rings. The Kier molecular flexibility index (Phi) is 5.10. The van der Waals surface area contributed by atoms with E-state index in [0.29, 0.717) is 0 Å². The van der Waals surface area contributed by atoms with Crippen LogP contribution in [0, 0.1) is 0 Å². The third-order valence-electron chi connectivity index (χ3n) is 7.03. The summed E-state index contributed by atoms with van der Waals surface area (Å²) in [7, 11) is 0. The van der Waals surface area contributed by atoms with E-state index in [0.717, 1.165) is 75.2 Å². The lowest BCUT2D eigenvalue weighted by atomic mass is 10.1. The Bertz CT molecular complexity index is 1660. The quantitative estimate of drug-likeness (QED) is 0.326. The van der Waals surface area contributed by atoms with Crippen LogP contribution in [0.15, 0.2) is 72.2 Å². The average molecular weight is 476 g/mol. The van der Waals surface area contributed by atoms with Crippen molar-refractivity contribution in [2.45, 2.75) is 25.8 Å². The first-order valence-corrected chi connectivity index (χ1v) is 12.3. The molecule has 0 radical (unpaired) electrons. The zero-order valence-electron chi connectivity index (χ0n) is 19.7. The topological polar surface area (TPSA) is 99.5 Å². The second-order valence-corrected chi connectivity index (χ2v) is 9.45. The fourth-order valence-corrected chi connectivity index (χ4v) is 5.20. The van der Waals surface area contributed by atoms with Crippen molar-refractivity contribution in [1.82, 2.24) is 35.0 Å². The molecular weight excluding hydrogens is 450 g/mol. The first-order chi connectivity index (χ1) is 17.8. The van der Waals surface area contributed by atoms with Gasteiger partial charge in [-0.05, 0) is 55.8 Å². The summed E-state index contributed by atoms with van der Waals surface area (Å²) in [6, 6.07) is 8.37. The Labute approximate surface area is 207 Å². The standard InChI is InChI=1S/C28H25N7O/c1-2-5-35(6-3-1)16-18-8-20(12-29-11-18)24-10-22-27(15-31-24)33-34-28(22)25-9-21-23(19-4-7-36-17-19)13-30-14-26(21)32-25/h4,7-15,17,32H,1-3,5-6,16H2,(H,33,34). The second-order valence-electron chi connectivity index (χ2n) is 9.45. The number of H-pyrrole nitrogens is 2. The lowest BCUT2D eigenvalue weighted by molar-refractivity contribution is 0.220. The van der Waals surface area contributed by atoms with Gasteiger partial charge in [0, 0.05) is 52.6 Å². The van der Waals surface area contributed by atoms with Crippen molar-refractivity contribution < 1.29 is 4.42 Å². The number of pyridine rings is 3. The lowest BCUT2D eigenvalue weighted by Gasteiger charge is -2.26. The molecule has 1 aliphatic rings. The highest BCUT2D eigenvalue weighted by Crippen LogP contribution is 2.34. The molecule has 7 heterocycles. The maximum absolute atomic E-state index is 5.29. The number of furan rings is 1. The van der Waals surface area contributed by atoms with Gasteiger partial charge in [0.1, 0.15) is 5.69 Å². The summed E-state index contributed by atoms with van der Waals surface area (Å²) in [5, 5.41) is 9.83. The first-order valence-electron chi connectivity index (χ1n) is 12.3. The molecule has 0 atom stereocenters. The number of hydrogen-bond acceptors (Lipinski definition) is 6. The van der Waals surface area contributed by atoms with Gasteiger partial charge in [-0.2, -0.15) is 5.10 Å². The van der Waals surface area contributed by atoms with Crippen molar-refractivity contribution in [2.75, 3.05) is 13.1 Å². The highest BCUT2D eigenvalue weighted by molar-refractivity contribution is 6.00. The van der Waals surface area contributed by atoms with Gasteiger partial charge in [0.15, 0.2) is 0 Å². The van der Waals surface area contributed by atoms with Crippen molar-refractivity contribution >= 4 is 21.8 Å². The van der Waals surface area contributed by atoms with Crippen LogP contribution in [0.4, 0.5) is 0 Å². The SMILES string of the molecule is c1cc(-c2cncc3[nH]c(-c4n[nH]c5cnc(-c6cncc(CN7CCCCC7)c6)cc45)cc23)co1. The summed E-state index contributed by atoms with van der Waals surface area (Å²) >= 11 is 0. The molecule has 0 bridgehead atoms. The summed E-state index contributed by atoms with van der Waals surface area (Å²) < 4.78 is 5.29. The Morgan fingerprint density at radius 2 is 1.78 bits per heavy atom. The molecule has 0 aliphatic carbocycles. The molecule has 0 spiro atoms. The molecule has 6 aromatic heterocycles. The third kappa shape index (κ3) is 3.76. The molecule has 8 heteroatoms. The zero-order valence-corrected chi connectivity index (χ0v) is 19.7. The van der Waals surface area contributed by atoms with E-state index in [1.54, 1.807) is 12.5 Å². The summed E-state index contributed by atoms with van der Waals surface area (Å²) in [6.45, 7) is 3.26. The molecule has 0 aromatic carbocycles. The Balaban J connectivity index is 1.26. The Morgan fingerprint density at radius 1 is 0.861 bits per heavy atom. The van der Waals surface area contributed by atoms with E-state index in [9.17, 15) is 0 Å². The first kappa shape index (κ1) is 21.0. The second kappa shape index (κ2) is 8.73. The van der Waals surface area contributed by atoms with Crippen LogP contribution in [-0.4, -0.2) is 48.1 Å². The van der Waals surface area contributed by atoms with Crippen molar-refractivity contribution in [3.05, 3.63) is 73.3 Å². The molecule has 178 valence electrons. The molecular formula is C28H25N7O. The van der Waals surface area contributed by atoms with E-state index < -0.39 is 0 Å². The molecule has 7 rings (SSSR count). The largest absolute Gasteiger partial charge is 0.472 e. The van der Waals surface area contributed by atoms with Gasteiger partial charge in [0.25, 0.3) is 0 Å². The fourth-order valence-electron chi connectivity index (χ4n) is 5.20. The van der Waals surface area contributed by atoms with Gasteiger partial charge < -0.3 is 9.40 Å². The molecule has 0 unspecified atom stereocenters.